The molecule has 3 amide bonds. The minimum Gasteiger partial charge on any atom is -0.481 e. The van der Waals surface area contributed by atoms with Crippen LogP contribution in [0.2, 0.25) is 0 Å². The van der Waals surface area contributed by atoms with Gasteiger partial charge < -0.3 is 20.5 Å². The molecular weight excluding hydrogens is 510 g/mol. The fraction of sp³-hybridized carbons (Fsp3) is 0.290. The first-order valence-electron chi connectivity index (χ1n) is 13.3. The molecule has 3 aromatic carbocycles. The molecule has 1 heterocycles. The Kier molecular flexibility index (Phi) is 8.83. The quantitative estimate of drug-likeness (QED) is 0.351. The maximum atomic E-state index is 13.7. The van der Waals surface area contributed by atoms with Gasteiger partial charge in [-0.1, -0.05) is 68.8 Å². The van der Waals surface area contributed by atoms with E-state index in [2.05, 4.69) is 10.6 Å². The minimum atomic E-state index is -1.16. The number of nitrogens with zero attached hydrogens (tertiary/aromatic N) is 1. The van der Waals surface area contributed by atoms with Crippen molar-refractivity contribution in [3.8, 4) is 5.75 Å². The van der Waals surface area contributed by atoms with Gasteiger partial charge in [-0.05, 0) is 48.7 Å². The molecule has 1 aliphatic rings. The Morgan fingerprint density at radius 2 is 1.65 bits per heavy atom. The number of ether oxygens (including phenoxy) is 1. The van der Waals surface area contributed by atoms with Gasteiger partial charge in [-0.3, -0.25) is 19.3 Å². The number of aliphatic carboxylic acids is 1. The number of rotatable bonds is 10. The van der Waals surface area contributed by atoms with Gasteiger partial charge in [-0.15, -0.1) is 0 Å². The molecule has 0 bridgehead atoms. The van der Waals surface area contributed by atoms with E-state index in [0.717, 1.165) is 5.56 Å². The van der Waals surface area contributed by atoms with Gasteiger partial charge in [-0.2, -0.15) is 0 Å². The van der Waals surface area contributed by atoms with Gasteiger partial charge in [0, 0.05) is 12.0 Å². The third-order valence-electron chi connectivity index (χ3n) is 7.03. The van der Waals surface area contributed by atoms with Crippen LogP contribution in [-0.2, 0) is 20.8 Å². The fourth-order valence-electron chi connectivity index (χ4n) is 4.69. The summed E-state index contributed by atoms with van der Waals surface area (Å²) in [5, 5.41) is 15.1. The molecule has 208 valence electrons. The second kappa shape index (κ2) is 12.5. The van der Waals surface area contributed by atoms with Crippen LogP contribution in [0.1, 0.15) is 43.1 Å². The highest BCUT2D eigenvalue weighted by molar-refractivity contribution is 6.14. The first kappa shape index (κ1) is 28.4. The topological polar surface area (TPSA) is 125 Å². The average molecular weight is 544 g/mol. The summed E-state index contributed by atoms with van der Waals surface area (Å²) in [4.78, 5) is 53.4. The molecule has 9 nitrogen and oxygen atoms in total. The summed E-state index contributed by atoms with van der Waals surface area (Å²) < 4.78 is 5.88. The standard InChI is InChI=1S/C31H33N3O6/c1-4-19(2)27-29(36)32-24-18-22(28(35)33-25(31(38)39)17-21-11-7-5-8-12-21)15-16-26(24)34(27)30(37)20(3)40-23-13-9-6-10-14-23/h5-16,18-20,25,27H,4,17H2,1-3H3,(H,32,36)(H,33,35)(H,38,39). The zero-order valence-corrected chi connectivity index (χ0v) is 22.7. The lowest BCUT2D eigenvalue weighted by Crippen LogP contribution is -2.57. The summed E-state index contributed by atoms with van der Waals surface area (Å²) in [7, 11) is 0. The van der Waals surface area contributed by atoms with Crippen LogP contribution in [0.3, 0.4) is 0 Å². The van der Waals surface area contributed by atoms with Crippen LogP contribution in [0.15, 0.2) is 78.9 Å². The molecule has 1 aliphatic heterocycles. The molecule has 3 aromatic rings. The molecule has 4 rings (SSSR count). The maximum Gasteiger partial charge on any atom is 0.326 e. The Morgan fingerprint density at radius 3 is 2.27 bits per heavy atom. The van der Waals surface area contributed by atoms with Gasteiger partial charge in [0.25, 0.3) is 11.8 Å². The second-order valence-corrected chi connectivity index (χ2v) is 9.89. The van der Waals surface area contributed by atoms with Gasteiger partial charge in [0.15, 0.2) is 6.10 Å². The zero-order valence-electron chi connectivity index (χ0n) is 22.7. The SMILES string of the molecule is CCC(C)C1C(=O)Nc2cc(C(=O)NC(Cc3ccccc3)C(=O)O)ccc2N1C(=O)C(C)Oc1ccccc1. The van der Waals surface area contributed by atoms with E-state index >= 15 is 0 Å². The van der Waals surface area contributed by atoms with E-state index in [1.165, 1.54) is 17.0 Å². The molecule has 40 heavy (non-hydrogen) atoms. The predicted molar refractivity (Wildman–Crippen MR) is 151 cm³/mol. The minimum absolute atomic E-state index is 0.113. The van der Waals surface area contributed by atoms with E-state index in [-0.39, 0.29) is 29.5 Å². The molecule has 0 aromatic heterocycles. The zero-order chi connectivity index (χ0) is 28.8. The molecule has 3 N–H and O–H groups in total. The second-order valence-electron chi connectivity index (χ2n) is 9.89. The molecule has 0 saturated heterocycles. The van der Waals surface area contributed by atoms with Crippen LogP contribution in [0.4, 0.5) is 11.4 Å². The highest BCUT2D eigenvalue weighted by Gasteiger charge is 2.41. The van der Waals surface area contributed by atoms with Gasteiger partial charge in [0.2, 0.25) is 5.91 Å². The Morgan fingerprint density at radius 1 is 1.00 bits per heavy atom. The molecule has 0 radical (unpaired) electrons. The van der Waals surface area contributed by atoms with Crippen LogP contribution in [0.25, 0.3) is 0 Å². The van der Waals surface area contributed by atoms with Crippen LogP contribution in [-0.4, -0.2) is 47.0 Å². The number of carbonyl (C=O) groups excluding carboxylic acids is 3. The Balaban J connectivity index is 1.61. The summed E-state index contributed by atoms with van der Waals surface area (Å²) in [5.41, 5.74) is 1.65. The number of hydrogen-bond acceptors (Lipinski definition) is 5. The van der Waals surface area contributed by atoms with Crippen molar-refractivity contribution in [2.24, 2.45) is 5.92 Å². The van der Waals surface area contributed by atoms with Crippen LogP contribution < -0.4 is 20.3 Å². The number of carboxylic acid groups (broad SMARTS) is 1. The number of carbonyl (C=O) groups is 4. The first-order chi connectivity index (χ1) is 19.2. The number of hydrogen-bond donors (Lipinski definition) is 3. The fourth-order valence-corrected chi connectivity index (χ4v) is 4.69. The molecule has 0 fully saturated rings. The summed E-state index contributed by atoms with van der Waals surface area (Å²) >= 11 is 0. The van der Waals surface area contributed by atoms with Crippen molar-refractivity contribution in [2.45, 2.75) is 51.8 Å². The number of nitrogens with one attached hydrogen (secondary N) is 2. The number of para-hydroxylation sites is 1. The van der Waals surface area contributed by atoms with Crippen molar-refractivity contribution in [3.05, 3.63) is 90.0 Å². The van der Waals surface area contributed by atoms with E-state index in [0.29, 0.717) is 17.9 Å². The van der Waals surface area contributed by atoms with Crippen molar-refractivity contribution in [2.75, 3.05) is 10.2 Å². The molecule has 0 saturated carbocycles. The number of fused-ring (bicyclic) bond motifs is 1. The lowest BCUT2D eigenvalue weighted by molar-refractivity contribution is -0.139. The predicted octanol–water partition coefficient (Wildman–Crippen LogP) is 4.28. The molecule has 4 atom stereocenters. The third kappa shape index (κ3) is 6.31. The Hall–Kier alpha value is -4.66. The highest BCUT2D eigenvalue weighted by atomic mass is 16.5. The van der Waals surface area contributed by atoms with Gasteiger partial charge in [0.1, 0.15) is 17.8 Å². The average Bonchev–Trinajstić information content (AvgIpc) is 2.96. The summed E-state index contributed by atoms with van der Waals surface area (Å²) in [6.45, 7) is 5.48. The lowest BCUT2D eigenvalue weighted by Gasteiger charge is -2.40. The lowest BCUT2D eigenvalue weighted by atomic mass is 9.93. The normalized spacial score (nSPS) is 16.6. The van der Waals surface area contributed by atoms with Crippen LogP contribution in [0, 0.1) is 5.92 Å². The highest BCUT2D eigenvalue weighted by Crippen LogP contribution is 2.36. The van der Waals surface area contributed by atoms with Crippen LogP contribution >= 0.6 is 0 Å². The van der Waals surface area contributed by atoms with Crippen molar-refractivity contribution in [3.63, 3.8) is 0 Å². The summed E-state index contributed by atoms with van der Waals surface area (Å²) in [5.74, 6) is -2.16. The smallest absolute Gasteiger partial charge is 0.326 e. The summed E-state index contributed by atoms with van der Waals surface area (Å²) in [6, 6.07) is 20.6. The number of carboxylic acids is 1. The first-order valence-corrected chi connectivity index (χ1v) is 13.3. The van der Waals surface area contributed by atoms with Gasteiger partial charge in [0.05, 0.1) is 11.4 Å². The van der Waals surface area contributed by atoms with Gasteiger partial charge in [-0.25, -0.2) is 4.79 Å². The largest absolute Gasteiger partial charge is 0.481 e. The summed E-state index contributed by atoms with van der Waals surface area (Å²) in [6.07, 6.45) is -0.115. The number of amides is 3. The van der Waals surface area contributed by atoms with Crippen molar-refractivity contribution < 1.29 is 29.0 Å². The van der Waals surface area contributed by atoms with Crippen molar-refractivity contribution >= 4 is 35.1 Å². The van der Waals surface area contributed by atoms with Crippen LogP contribution in [0.5, 0.6) is 5.75 Å². The van der Waals surface area contributed by atoms with E-state index < -0.39 is 36.0 Å². The third-order valence-corrected chi connectivity index (χ3v) is 7.03. The number of benzene rings is 3. The van der Waals surface area contributed by atoms with Crippen molar-refractivity contribution in [1.82, 2.24) is 5.32 Å². The maximum absolute atomic E-state index is 13.7. The molecule has 0 aliphatic carbocycles. The van der Waals surface area contributed by atoms with E-state index in [1.54, 1.807) is 61.5 Å². The Bertz CT molecular complexity index is 1380. The monoisotopic (exact) mass is 543 g/mol. The number of anilines is 2. The van der Waals surface area contributed by atoms with E-state index in [4.69, 9.17) is 4.74 Å². The van der Waals surface area contributed by atoms with E-state index in [1.807, 2.05) is 26.0 Å². The molecule has 0 spiro atoms. The van der Waals surface area contributed by atoms with E-state index in [9.17, 15) is 24.3 Å². The molecule has 9 heteroatoms. The molecule has 4 unspecified atom stereocenters. The van der Waals surface area contributed by atoms with Crippen molar-refractivity contribution in [1.29, 1.82) is 0 Å². The van der Waals surface area contributed by atoms with Gasteiger partial charge >= 0.3 is 5.97 Å². The molecular formula is C31H33N3O6. The Labute approximate surface area is 233 Å².